The number of hydrogen-bond acceptors (Lipinski definition) is 9. The molecular formula is C27H31N5O5. The van der Waals surface area contributed by atoms with Crippen molar-refractivity contribution in [2.45, 2.75) is 32.3 Å². The van der Waals surface area contributed by atoms with Gasteiger partial charge in [0.2, 0.25) is 12.7 Å². The number of nitrogens with one attached hydrogen (secondary N) is 2. The second kappa shape index (κ2) is 12.3. The zero-order chi connectivity index (χ0) is 25.3. The van der Waals surface area contributed by atoms with Gasteiger partial charge in [-0.25, -0.2) is 9.78 Å². The molecule has 2 aliphatic heterocycles. The van der Waals surface area contributed by atoms with Crippen LogP contribution in [-0.2, 0) is 11.3 Å². The van der Waals surface area contributed by atoms with Crippen molar-refractivity contribution in [1.29, 1.82) is 0 Å². The van der Waals surface area contributed by atoms with Crippen molar-refractivity contribution in [3.05, 3.63) is 60.3 Å². The summed E-state index contributed by atoms with van der Waals surface area (Å²) >= 11 is 0. The Labute approximate surface area is 215 Å². The molecule has 1 aromatic heterocycles. The fourth-order valence-electron chi connectivity index (χ4n) is 4.26. The summed E-state index contributed by atoms with van der Waals surface area (Å²) in [5.74, 6) is 2.76. The molecule has 0 radical (unpaired) electrons. The quantitative estimate of drug-likeness (QED) is 0.370. The number of rotatable bonds is 10. The van der Waals surface area contributed by atoms with Crippen LogP contribution in [0.2, 0.25) is 0 Å². The number of likely N-dealkylation sites (tertiary alicyclic amines) is 1. The standard InChI is InChI=1S/C27H31N5O5/c33-27(35-18-20-8-9-23-24(16-20)37-19-36-23)31-25-10-11-28-26(30-25)29-21-6-4-7-22(17-21)34-15-5-14-32-12-2-1-3-13-32/h4,6-11,16-17H,1-3,5,12-15,18-19H2,(H2,28,29,30,31,33). The van der Waals surface area contributed by atoms with Gasteiger partial charge in [-0.05, 0) is 68.2 Å². The Morgan fingerprint density at radius 3 is 2.84 bits per heavy atom. The van der Waals surface area contributed by atoms with E-state index in [1.165, 1.54) is 32.4 Å². The third-order valence-corrected chi connectivity index (χ3v) is 6.12. The number of carbonyl (C=O) groups excluding carboxylic acids is 1. The zero-order valence-corrected chi connectivity index (χ0v) is 20.7. The second-order valence-corrected chi connectivity index (χ2v) is 8.91. The zero-order valence-electron chi connectivity index (χ0n) is 20.7. The Balaban J connectivity index is 1.08. The smallest absolute Gasteiger partial charge is 0.413 e. The molecule has 10 nitrogen and oxygen atoms in total. The number of carbonyl (C=O) groups is 1. The molecule has 37 heavy (non-hydrogen) atoms. The Kier molecular flexibility index (Phi) is 8.17. The van der Waals surface area contributed by atoms with Crippen molar-refractivity contribution in [3.8, 4) is 17.2 Å². The van der Waals surface area contributed by atoms with Gasteiger partial charge < -0.3 is 29.2 Å². The van der Waals surface area contributed by atoms with Gasteiger partial charge in [0.05, 0.1) is 6.61 Å². The predicted octanol–water partition coefficient (Wildman–Crippen LogP) is 4.95. The Bertz CT molecular complexity index is 1200. The van der Waals surface area contributed by atoms with Crippen LogP contribution in [0.25, 0.3) is 0 Å². The number of anilines is 3. The fourth-order valence-corrected chi connectivity index (χ4v) is 4.26. The normalized spacial score (nSPS) is 14.7. The number of ether oxygens (including phenoxy) is 4. The molecule has 10 heteroatoms. The number of benzene rings is 2. The Morgan fingerprint density at radius 2 is 1.92 bits per heavy atom. The van der Waals surface area contributed by atoms with Crippen molar-refractivity contribution in [2.24, 2.45) is 0 Å². The number of fused-ring (bicyclic) bond motifs is 1. The molecule has 2 aromatic carbocycles. The van der Waals surface area contributed by atoms with Gasteiger partial charge in [0.1, 0.15) is 18.2 Å². The average molecular weight is 506 g/mol. The average Bonchev–Trinajstić information content (AvgIpc) is 3.39. The number of nitrogens with zero attached hydrogens (tertiary/aromatic N) is 3. The monoisotopic (exact) mass is 505 g/mol. The van der Waals surface area contributed by atoms with Crippen LogP contribution < -0.4 is 24.8 Å². The van der Waals surface area contributed by atoms with Crippen molar-refractivity contribution >= 4 is 23.5 Å². The van der Waals surface area contributed by atoms with Gasteiger partial charge in [0.15, 0.2) is 11.5 Å². The van der Waals surface area contributed by atoms with Gasteiger partial charge >= 0.3 is 6.09 Å². The minimum absolute atomic E-state index is 0.0868. The van der Waals surface area contributed by atoms with Crippen LogP contribution in [0.15, 0.2) is 54.7 Å². The van der Waals surface area contributed by atoms with E-state index < -0.39 is 6.09 Å². The van der Waals surface area contributed by atoms with E-state index in [2.05, 4.69) is 25.5 Å². The highest BCUT2D eigenvalue weighted by atomic mass is 16.7. The summed E-state index contributed by atoms with van der Waals surface area (Å²) in [6, 6.07) is 14.6. The highest BCUT2D eigenvalue weighted by molar-refractivity contribution is 5.83. The summed E-state index contributed by atoms with van der Waals surface area (Å²) < 4.78 is 21.9. The molecule has 2 N–H and O–H groups in total. The first-order valence-electron chi connectivity index (χ1n) is 12.6. The minimum Gasteiger partial charge on any atom is -0.493 e. The van der Waals surface area contributed by atoms with Gasteiger partial charge in [-0.15, -0.1) is 0 Å². The van der Waals surface area contributed by atoms with E-state index in [-0.39, 0.29) is 13.4 Å². The maximum Gasteiger partial charge on any atom is 0.413 e. The summed E-state index contributed by atoms with van der Waals surface area (Å²) in [7, 11) is 0. The second-order valence-electron chi connectivity index (χ2n) is 8.91. The maximum atomic E-state index is 12.3. The van der Waals surface area contributed by atoms with E-state index in [4.69, 9.17) is 18.9 Å². The molecule has 0 unspecified atom stereocenters. The Hall–Kier alpha value is -4.05. The van der Waals surface area contributed by atoms with Crippen molar-refractivity contribution in [2.75, 3.05) is 43.7 Å². The topological polar surface area (TPSA) is 107 Å². The van der Waals surface area contributed by atoms with Crippen molar-refractivity contribution in [1.82, 2.24) is 14.9 Å². The van der Waals surface area contributed by atoms with Gasteiger partial charge in [0, 0.05) is 24.5 Å². The minimum atomic E-state index is -0.623. The molecule has 2 aliphatic rings. The molecule has 3 heterocycles. The predicted molar refractivity (Wildman–Crippen MR) is 139 cm³/mol. The lowest BCUT2D eigenvalue weighted by atomic mass is 10.1. The van der Waals surface area contributed by atoms with Gasteiger partial charge in [0.25, 0.3) is 0 Å². The molecule has 194 valence electrons. The Morgan fingerprint density at radius 1 is 1.03 bits per heavy atom. The largest absolute Gasteiger partial charge is 0.493 e. The van der Waals surface area contributed by atoms with E-state index in [1.807, 2.05) is 30.3 Å². The first kappa shape index (κ1) is 24.6. The number of aromatic nitrogens is 2. The van der Waals surface area contributed by atoms with Crippen LogP contribution in [-0.4, -0.2) is 54.0 Å². The van der Waals surface area contributed by atoms with Crippen LogP contribution in [0.3, 0.4) is 0 Å². The van der Waals surface area contributed by atoms with Gasteiger partial charge in [-0.3, -0.25) is 5.32 Å². The first-order chi connectivity index (χ1) is 18.2. The van der Waals surface area contributed by atoms with Crippen LogP contribution in [0.1, 0.15) is 31.2 Å². The summed E-state index contributed by atoms with van der Waals surface area (Å²) in [5, 5.41) is 5.78. The van der Waals surface area contributed by atoms with Crippen molar-refractivity contribution < 1.29 is 23.7 Å². The molecule has 0 aliphatic carbocycles. The highest BCUT2D eigenvalue weighted by Gasteiger charge is 2.14. The highest BCUT2D eigenvalue weighted by Crippen LogP contribution is 2.32. The molecule has 1 amide bonds. The molecule has 1 saturated heterocycles. The molecule has 0 bridgehead atoms. The number of hydrogen-bond donors (Lipinski definition) is 2. The lowest BCUT2D eigenvalue weighted by molar-refractivity contribution is 0.154. The van der Waals surface area contributed by atoms with Crippen LogP contribution in [0, 0.1) is 0 Å². The van der Waals surface area contributed by atoms with Gasteiger partial charge in [-0.1, -0.05) is 18.6 Å². The van der Waals surface area contributed by atoms with Crippen LogP contribution >= 0.6 is 0 Å². The van der Waals surface area contributed by atoms with Crippen molar-refractivity contribution in [3.63, 3.8) is 0 Å². The third-order valence-electron chi connectivity index (χ3n) is 6.12. The molecule has 5 rings (SSSR count). The van der Waals surface area contributed by atoms with E-state index >= 15 is 0 Å². The SMILES string of the molecule is O=C(Nc1ccnc(Nc2cccc(OCCCN3CCCCC3)c2)n1)OCc1ccc2c(c1)OCO2. The molecule has 0 atom stereocenters. The summed E-state index contributed by atoms with van der Waals surface area (Å²) in [4.78, 5) is 23.4. The molecule has 1 fully saturated rings. The maximum absolute atomic E-state index is 12.3. The lowest BCUT2D eigenvalue weighted by Gasteiger charge is -2.26. The third kappa shape index (κ3) is 7.23. The fraction of sp³-hybridized carbons (Fsp3) is 0.370. The number of amides is 1. The molecular weight excluding hydrogens is 474 g/mol. The van der Waals surface area contributed by atoms with Gasteiger partial charge in [-0.2, -0.15) is 4.98 Å². The summed E-state index contributed by atoms with van der Waals surface area (Å²) in [6.45, 7) is 4.43. The first-order valence-corrected chi connectivity index (χ1v) is 12.6. The summed E-state index contributed by atoms with van der Waals surface area (Å²) in [5.41, 5.74) is 1.58. The van der Waals surface area contributed by atoms with E-state index in [9.17, 15) is 4.79 Å². The number of piperidine rings is 1. The van der Waals surface area contributed by atoms with E-state index in [0.717, 1.165) is 30.0 Å². The summed E-state index contributed by atoms with van der Waals surface area (Å²) in [6.07, 6.45) is 5.89. The van der Waals surface area contributed by atoms with Crippen LogP contribution in [0.4, 0.5) is 22.2 Å². The molecule has 3 aromatic rings. The molecule has 0 spiro atoms. The lowest BCUT2D eigenvalue weighted by Crippen LogP contribution is -2.31. The molecule has 0 saturated carbocycles. The van der Waals surface area contributed by atoms with E-state index in [1.54, 1.807) is 24.4 Å². The van der Waals surface area contributed by atoms with E-state index in [0.29, 0.717) is 29.9 Å². The van der Waals surface area contributed by atoms with Crippen LogP contribution in [0.5, 0.6) is 17.2 Å².